The van der Waals surface area contributed by atoms with Gasteiger partial charge in [0.2, 0.25) is 0 Å². The van der Waals surface area contributed by atoms with Gasteiger partial charge in [-0.15, -0.1) is 0 Å². The second-order valence-electron chi connectivity index (χ2n) is 3.85. The van der Waals surface area contributed by atoms with Crippen molar-refractivity contribution in [2.24, 2.45) is 0 Å². The number of aliphatic hydroxyl groups is 2. The average molecular weight is 241 g/mol. The van der Waals surface area contributed by atoms with Crippen molar-refractivity contribution in [3.63, 3.8) is 0 Å². The maximum Gasteiger partial charge on any atom is 0.102 e. The standard InChI is InChI=1S/C8H19NO5S/c1-9(4-6-10,5-7-11)3-2-8-15(12,13)14/h10-11H,2-8H2,1H3. The zero-order chi connectivity index (χ0) is 11.9. The molecule has 0 aromatic heterocycles. The van der Waals surface area contributed by atoms with E-state index in [1.165, 1.54) is 0 Å². The Morgan fingerprint density at radius 3 is 1.93 bits per heavy atom. The topological polar surface area (TPSA) is 97.7 Å². The van der Waals surface area contributed by atoms with Gasteiger partial charge in [0.1, 0.15) is 13.1 Å². The molecule has 0 saturated carbocycles. The minimum Gasteiger partial charge on any atom is -0.748 e. The number of hydrogen-bond acceptors (Lipinski definition) is 5. The lowest BCUT2D eigenvalue weighted by Crippen LogP contribution is -2.49. The normalized spacial score (nSPS) is 13.1. The van der Waals surface area contributed by atoms with Crippen molar-refractivity contribution in [3.8, 4) is 0 Å². The van der Waals surface area contributed by atoms with Crippen LogP contribution >= 0.6 is 0 Å². The minimum absolute atomic E-state index is 0.0272. The number of rotatable bonds is 8. The smallest absolute Gasteiger partial charge is 0.102 e. The summed E-state index contributed by atoms with van der Waals surface area (Å²) in [6.45, 7) is 1.29. The molecule has 0 fully saturated rings. The molecule has 0 bridgehead atoms. The molecular weight excluding hydrogens is 222 g/mol. The number of nitrogens with zero attached hydrogens (tertiary/aromatic N) is 1. The van der Waals surface area contributed by atoms with Crippen molar-refractivity contribution in [2.75, 3.05) is 45.6 Å². The number of quaternary nitrogens is 1. The summed E-state index contributed by atoms with van der Waals surface area (Å²) in [5, 5.41) is 17.6. The molecule has 0 radical (unpaired) electrons. The minimum atomic E-state index is -4.16. The van der Waals surface area contributed by atoms with Gasteiger partial charge in [-0.25, -0.2) is 8.42 Å². The van der Waals surface area contributed by atoms with Crippen LogP contribution in [0.4, 0.5) is 0 Å². The Morgan fingerprint density at radius 2 is 1.60 bits per heavy atom. The Labute approximate surface area is 90.5 Å². The Balaban J connectivity index is 4.06. The third-order valence-corrected chi connectivity index (χ3v) is 3.16. The lowest BCUT2D eigenvalue weighted by Gasteiger charge is -2.33. The zero-order valence-electron chi connectivity index (χ0n) is 8.92. The van der Waals surface area contributed by atoms with Crippen LogP contribution < -0.4 is 0 Å². The monoisotopic (exact) mass is 241 g/mol. The van der Waals surface area contributed by atoms with Crippen molar-refractivity contribution >= 4 is 10.1 Å². The van der Waals surface area contributed by atoms with Crippen LogP contribution in [-0.2, 0) is 10.1 Å². The molecule has 6 nitrogen and oxygen atoms in total. The Morgan fingerprint density at radius 1 is 1.13 bits per heavy atom. The van der Waals surface area contributed by atoms with E-state index in [1.807, 2.05) is 7.05 Å². The molecule has 92 valence electrons. The first kappa shape index (κ1) is 14.8. The molecule has 0 unspecified atom stereocenters. The van der Waals surface area contributed by atoms with Crippen LogP contribution in [0.5, 0.6) is 0 Å². The second-order valence-corrected chi connectivity index (χ2v) is 5.38. The Bertz CT molecular complexity index is 258. The van der Waals surface area contributed by atoms with Crippen molar-refractivity contribution in [2.45, 2.75) is 6.42 Å². The van der Waals surface area contributed by atoms with Crippen molar-refractivity contribution in [1.82, 2.24) is 0 Å². The summed E-state index contributed by atoms with van der Waals surface area (Å²) in [4.78, 5) is 0. The van der Waals surface area contributed by atoms with Gasteiger partial charge in [-0.1, -0.05) is 0 Å². The summed E-state index contributed by atoms with van der Waals surface area (Å²) in [6.07, 6.45) is 0.252. The quantitative estimate of drug-likeness (QED) is 0.392. The van der Waals surface area contributed by atoms with Crippen LogP contribution in [0.15, 0.2) is 0 Å². The Hall–Kier alpha value is -0.210. The molecule has 2 N–H and O–H groups in total. The fourth-order valence-electron chi connectivity index (χ4n) is 1.44. The summed E-state index contributed by atoms with van der Waals surface area (Å²) in [5.74, 6) is -0.391. The molecule has 0 aliphatic rings. The summed E-state index contributed by atoms with van der Waals surface area (Å²) in [7, 11) is -2.35. The highest BCUT2D eigenvalue weighted by atomic mass is 32.2. The number of likely N-dealkylation sites (N-methyl/N-ethyl adjacent to an activating group) is 1. The molecule has 0 rings (SSSR count). The summed E-state index contributed by atoms with van der Waals surface area (Å²) < 4.78 is 31.5. The molecule has 0 aliphatic heterocycles. The maximum absolute atomic E-state index is 10.4. The zero-order valence-corrected chi connectivity index (χ0v) is 9.74. The average Bonchev–Trinajstić information content (AvgIpc) is 2.01. The first-order valence-corrected chi connectivity index (χ1v) is 6.39. The lowest BCUT2D eigenvalue weighted by molar-refractivity contribution is -0.910. The first-order chi connectivity index (χ1) is 6.83. The van der Waals surface area contributed by atoms with Crippen molar-refractivity contribution in [1.29, 1.82) is 0 Å². The van der Waals surface area contributed by atoms with Gasteiger partial charge in [0, 0.05) is 12.2 Å². The van der Waals surface area contributed by atoms with Gasteiger partial charge in [-0.3, -0.25) is 0 Å². The van der Waals surface area contributed by atoms with Gasteiger partial charge in [-0.05, 0) is 0 Å². The number of hydrogen-bond donors (Lipinski definition) is 2. The SMILES string of the molecule is C[N+](CCO)(CCO)CCCS(=O)(=O)[O-]. The third-order valence-electron chi connectivity index (χ3n) is 2.37. The predicted octanol–water partition coefficient (Wildman–Crippen LogP) is -1.65. The Kier molecular flexibility index (Phi) is 6.30. The van der Waals surface area contributed by atoms with E-state index in [1.54, 1.807) is 0 Å². The van der Waals surface area contributed by atoms with Crippen LogP contribution in [0.1, 0.15) is 6.42 Å². The van der Waals surface area contributed by atoms with Crippen LogP contribution in [0, 0.1) is 0 Å². The molecule has 0 spiro atoms. The fraction of sp³-hybridized carbons (Fsp3) is 1.00. The van der Waals surface area contributed by atoms with Gasteiger partial charge >= 0.3 is 0 Å². The maximum atomic E-state index is 10.4. The lowest BCUT2D eigenvalue weighted by atomic mass is 10.3. The van der Waals surface area contributed by atoms with Gasteiger partial charge < -0.3 is 19.2 Å². The highest BCUT2D eigenvalue weighted by molar-refractivity contribution is 7.85. The van der Waals surface area contributed by atoms with E-state index in [4.69, 9.17) is 10.2 Å². The van der Waals surface area contributed by atoms with Crippen LogP contribution in [0.25, 0.3) is 0 Å². The molecule has 7 heteroatoms. The second kappa shape index (κ2) is 6.39. The van der Waals surface area contributed by atoms with E-state index in [9.17, 15) is 13.0 Å². The van der Waals surface area contributed by atoms with E-state index in [2.05, 4.69) is 0 Å². The van der Waals surface area contributed by atoms with Gasteiger partial charge in [0.05, 0.1) is 36.9 Å². The summed E-state index contributed by atoms with van der Waals surface area (Å²) in [5.41, 5.74) is 0. The van der Waals surface area contributed by atoms with E-state index in [0.29, 0.717) is 24.1 Å². The van der Waals surface area contributed by atoms with Gasteiger partial charge in [0.15, 0.2) is 0 Å². The molecule has 0 heterocycles. The van der Waals surface area contributed by atoms with Gasteiger partial charge in [0.25, 0.3) is 0 Å². The van der Waals surface area contributed by atoms with E-state index < -0.39 is 15.9 Å². The summed E-state index contributed by atoms with van der Waals surface area (Å²) >= 11 is 0. The highest BCUT2D eigenvalue weighted by Gasteiger charge is 2.19. The molecular formula is C8H19NO5S. The van der Waals surface area contributed by atoms with E-state index in [-0.39, 0.29) is 19.6 Å². The largest absolute Gasteiger partial charge is 0.748 e. The summed E-state index contributed by atoms with van der Waals surface area (Å²) in [6, 6.07) is 0. The van der Waals surface area contributed by atoms with Crippen molar-refractivity contribution < 1.29 is 27.7 Å². The molecule has 0 atom stereocenters. The number of aliphatic hydroxyl groups excluding tert-OH is 2. The fourth-order valence-corrected chi connectivity index (χ4v) is 1.92. The van der Waals surface area contributed by atoms with Crippen LogP contribution in [0.3, 0.4) is 0 Å². The third kappa shape index (κ3) is 7.69. The van der Waals surface area contributed by atoms with E-state index in [0.717, 1.165) is 0 Å². The molecule has 0 saturated heterocycles. The van der Waals surface area contributed by atoms with Crippen LogP contribution in [-0.4, -0.2) is 73.3 Å². The molecule has 0 aromatic rings. The van der Waals surface area contributed by atoms with Crippen molar-refractivity contribution in [3.05, 3.63) is 0 Å². The molecule has 0 aromatic carbocycles. The molecule has 0 aliphatic carbocycles. The van der Waals surface area contributed by atoms with E-state index >= 15 is 0 Å². The first-order valence-electron chi connectivity index (χ1n) is 4.82. The van der Waals surface area contributed by atoms with Gasteiger partial charge in [-0.2, -0.15) is 0 Å². The highest BCUT2D eigenvalue weighted by Crippen LogP contribution is 2.04. The van der Waals surface area contributed by atoms with Crippen LogP contribution in [0.2, 0.25) is 0 Å². The molecule has 15 heavy (non-hydrogen) atoms. The predicted molar refractivity (Wildman–Crippen MR) is 54.1 cm³/mol. The molecule has 0 amide bonds.